The Balaban J connectivity index is 1.55. The number of amides is 1. The molecule has 0 N–H and O–H groups in total. The van der Waals surface area contributed by atoms with Gasteiger partial charge in [0.15, 0.2) is 0 Å². The number of ether oxygens (including phenoxy) is 2. The summed E-state index contributed by atoms with van der Waals surface area (Å²) in [4.78, 5) is 40.0. The van der Waals surface area contributed by atoms with Gasteiger partial charge in [-0.1, -0.05) is 0 Å². The standard InChI is InChI=1S/C22H28N4O5/c1-30-22(29)21-17-7-11-24(19(27)8-12-25-10-4-9-23-25)13-14-26(17)20(28)15-18(21)31-16-5-2-3-6-16/h4,9-10,15-16H,2-3,5-8,11-14H2,1H3. The lowest BCUT2D eigenvalue weighted by atomic mass is 10.1. The van der Waals surface area contributed by atoms with Gasteiger partial charge in [0.1, 0.15) is 11.3 Å². The molecular weight excluding hydrogens is 400 g/mol. The van der Waals surface area contributed by atoms with E-state index in [2.05, 4.69) is 5.10 Å². The first-order valence-electron chi connectivity index (χ1n) is 10.8. The molecule has 0 aromatic carbocycles. The van der Waals surface area contributed by atoms with E-state index < -0.39 is 5.97 Å². The van der Waals surface area contributed by atoms with Gasteiger partial charge in [0.2, 0.25) is 5.91 Å². The van der Waals surface area contributed by atoms with Gasteiger partial charge in [-0.3, -0.25) is 14.3 Å². The zero-order valence-electron chi connectivity index (χ0n) is 17.8. The topological polar surface area (TPSA) is 95.7 Å². The van der Waals surface area contributed by atoms with Crippen molar-refractivity contribution in [1.82, 2.24) is 19.2 Å². The van der Waals surface area contributed by atoms with Crippen molar-refractivity contribution in [3.8, 4) is 5.75 Å². The largest absolute Gasteiger partial charge is 0.489 e. The van der Waals surface area contributed by atoms with Gasteiger partial charge in [0, 0.05) is 63.2 Å². The van der Waals surface area contributed by atoms with E-state index in [1.54, 1.807) is 20.3 Å². The second-order valence-corrected chi connectivity index (χ2v) is 7.99. The summed E-state index contributed by atoms with van der Waals surface area (Å²) in [6, 6.07) is 3.21. The molecule has 31 heavy (non-hydrogen) atoms. The van der Waals surface area contributed by atoms with Crippen LogP contribution in [-0.2, 0) is 29.0 Å². The summed E-state index contributed by atoms with van der Waals surface area (Å²) in [5.74, 6) is -0.220. The molecule has 0 spiro atoms. The number of fused-ring (bicyclic) bond motifs is 1. The highest BCUT2D eigenvalue weighted by Crippen LogP contribution is 2.29. The Kier molecular flexibility index (Phi) is 6.39. The highest BCUT2D eigenvalue weighted by Gasteiger charge is 2.29. The highest BCUT2D eigenvalue weighted by atomic mass is 16.5. The van der Waals surface area contributed by atoms with Gasteiger partial charge in [-0.25, -0.2) is 4.79 Å². The van der Waals surface area contributed by atoms with Gasteiger partial charge in [-0.15, -0.1) is 0 Å². The Morgan fingerprint density at radius 2 is 2.00 bits per heavy atom. The molecule has 1 saturated carbocycles. The lowest BCUT2D eigenvalue weighted by Gasteiger charge is -2.20. The summed E-state index contributed by atoms with van der Waals surface area (Å²) in [6.07, 6.45) is 8.21. The van der Waals surface area contributed by atoms with Gasteiger partial charge in [-0.05, 0) is 31.7 Å². The zero-order valence-corrected chi connectivity index (χ0v) is 17.8. The summed E-state index contributed by atoms with van der Waals surface area (Å²) < 4.78 is 14.4. The van der Waals surface area contributed by atoms with Crippen LogP contribution in [0.1, 0.15) is 48.2 Å². The minimum atomic E-state index is -0.518. The van der Waals surface area contributed by atoms with Crippen LogP contribution in [-0.4, -0.2) is 57.4 Å². The average Bonchev–Trinajstić information content (AvgIpc) is 3.43. The summed E-state index contributed by atoms with van der Waals surface area (Å²) in [5, 5.41) is 4.12. The third kappa shape index (κ3) is 4.65. The Morgan fingerprint density at radius 1 is 1.19 bits per heavy atom. The second kappa shape index (κ2) is 9.36. The number of aromatic nitrogens is 3. The van der Waals surface area contributed by atoms with E-state index in [1.165, 1.54) is 13.2 Å². The van der Waals surface area contributed by atoms with E-state index in [4.69, 9.17) is 9.47 Å². The normalized spacial score (nSPS) is 16.6. The number of rotatable bonds is 6. The molecule has 9 nitrogen and oxygen atoms in total. The van der Waals surface area contributed by atoms with Crippen molar-refractivity contribution < 1.29 is 19.1 Å². The van der Waals surface area contributed by atoms with Gasteiger partial charge < -0.3 is 18.9 Å². The van der Waals surface area contributed by atoms with E-state index in [9.17, 15) is 14.4 Å². The third-order valence-corrected chi connectivity index (χ3v) is 6.05. The van der Waals surface area contributed by atoms with E-state index >= 15 is 0 Å². The van der Waals surface area contributed by atoms with E-state index in [1.807, 2.05) is 12.3 Å². The Bertz CT molecular complexity index is 992. The number of hydrogen-bond donors (Lipinski definition) is 0. The van der Waals surface area contributed by atoms with Crippen LogP contribution in [0.25, 0.3) is 0 Å². The molecule has 0 bridgehead atoms. The predicted molar refractivity (Wildman–Crippen MR) is 112 cm³/mol. The monoisotopic (exact) mass is 428 g/mol. The van der Waals surface area contributed by atoms with Crippen molar-refractivity contribution in [2.45, 2.75) is 57.7 Å². The molecule has 1 aliphatic heterocycles. The summed E-state index contributed by atoms with van der Waals surface area (Å²) >= 11 is 0. The van der Waals surface area contributed by atoms with Crippen LogP contribution in [0.15, 0.2) is 29.3 Å². The molecule has 9 heteroatoms. The molecule has 0 atom stereocenters. The molecule has 3 heterocycles. The van der Waals surface area contributed by atoms with Gasteiger partial charge in [0.25, 0.3) is 5.56 Å². The van der Waals surface area contributed by atoms with Crippen molar-refractivity contribution >= 4 is 11.9 Å². The minimum absolute atomic E-state index is 0.00148. The fourth-order valence-corrected chi connectivity index (χ4v) is 4.40. The van der Waals surface area contributed by atoms with E-state index in [0.29, 0.717) is 56.0 Å². The van der Waals surface area contributed by atoms with Crippen LogP contribution < -0.4 is 10.3 Å². The number of esters is 1. The number of hydrogen-bond acceptors (Lipinski definition) is 6. The van der Waals surface area contributed by atoms with Crippen LogP contribution in [0.5, 0.6) is 5.75 Å². The summed E-state index contributed by atoms with van der Waals surface area (Å²) in [5.41, 5.74) is 0.663. The van der Waals surface area contributed by atoms with E-state index in [0.717, 1.165) is 25.7 Å². The van der Waals surface area contributed by atoms with Crippen LogP contribution in [0.2, 0.25) is 0 Å². The van der Waals surface area contributed by atoms with E-state index in [-0.39, 0.29) is 17.6 Å². The molecule has 4 rings (SSSR count). The summed E-state index contributed by atoms with van der Waals surface area (Å²) in [6.45, 7) is 1.67. The quantitative estimate of drug-likeness (QED) is 0.649. The molecule has 0 unspecified atom stereocenters. The lowest BCUT2D eigenvalue weighted by molar-refractivity contribution is -0.131. The molecule has 2 aliphatic rings. The molecular formula is C22H28N4O5. The smallest absolute Gasteiger partial charge is 0.343 e. The first-order chi connectivity index (χ1) is 15.1. The SMILES string of the molecule is COC(=O)c1c(OC2CCCC2)cc(=O)n2c1CCN(C(=O)CCn1cccn1)CC2. The molecule has 1 aliphatic carbocycles. The van der Waals surface area contributed by atoms with Crippen LogP contribution in [0, 0.1) is 0 Å². The maximum Gasteiger partial charge on any atom is 0.343 e. The second-order valence-electron chi connectivity index (χ2n) is 7.99. The van der Waals surface area contributed by atoms with Gasteiger partial charge >= 0.3 is 5.97 Å². The number of aryl methyl sites for hydroxylation is 1. The van der Waals surface area contributed by atoms with Crippen LogP contribution >= 0.6 is 0 Å². The fraction of sp³-hybridized carbons (Fsp3) is 0.545. The maximum absolute atomic E-state index is 12.8. The number of methoxy groups -OCH3 is 1. The van der Waals surface area contributed by atoms with Crippen molar-refractivity contribution in [3.05, 3.63) is 46.1 Å². The molecule has 166 valence electrons. The summed E-state index contributed by atoms with van der Waals surface area (Å²) in [7, 11) is 1.33. The molecule has 1 amide bonds. The fourth-order valence-electron chi connectivity index (χ4n) is 4.40. The average molecular weight is 428 g/mol. The number of carbonyl (C=O) groups excluding carboxylic acids is 2. The zero-order chi connectivity index (χ0) is 21.8. The predicted octanol–water partition coefficient (Wildman–Crippen LogP) is 1.63. The van der Waals surface area contributed by atoms with Gasteiger partial charge in [-0.2, -0.15) is 5.10 Å². The van der Waals surface area contributed by atoms with Crippen molar-refractivity contribution in [2.24, 2.45) is 0 Å². The number of nitrogens with zero attached hydrogens (tertiary/aromatic N) is 4. The first-order valence-corrected chi connectivity index (χ1v) is 10.8. The Labute approximate surface area is 180 Å². The molecule has 0 saturated heterocycles. The number of carbonyl (C=O) groups is 2. The van der Waals surface area contributed by atoms with Crippen LogP contribution in [0.3, 0.4) is 0 Å². The Morgan fingerprint density at radius 3 is 2.71 bits per heavy atom. The molecule has 2 aromatic heterocycles. The third-order valence-electron chi connectivity index (χ3n) is 6.05. The van der Waals surface area contributed by atoms with Crippen molar-refractivity contribution in [2.75, 3.05) is 20.2 Å². The molecule has 0 radical (unpaired) electrons. The highest BCUT2D eigenvalue weighted by molar-refractivity contribution is 5.93. The van der Waals surface area contributed by atoms with Crippen molar-refractivity contribution in [3.63, 3.8) is 0 Å². The molecule has 1 fully saturated rings. The Hall–Kier alpha value is -3.10. The van der Waals surface area contributed by atoms with Gasteiger partial charge in [0.05, 0.1) is 13.2 Å². The molecule has 2 aromatic rings. The maximum atomic E-state index is 12.8. The van der Waals surface area contributed by atoms with Crippen LogP contribution in [0.4, 0.5) is 0 Å². The van der Waals surface area contributed by atoms with Crippen molar-refractivity contribution in [1.29, 1.82) is 0 Å². The lowest BCUT2D eigenvalue weighted by Crippen LogP contribution is -2.34. The minimum Gasteiger partial charge on any atom is -0.489 e. The first kappa shape index (κ1) is 21.1. The number of pyridine rings is 1.